The molecule has 0 unspecified atom stereocenters. The Labute approximate surface area is 99.5 Å². The van der Waals surface area contributed by atoms with Gasteiger partial charge in [-0.05, 0) is 24.3 Å². The molecule has 78 valence electrons. The molecule has 3 aromatic rings. The van der Waals surface area contributed by atoms with Crippen molar-refractivity contribution in [1.82, 2.24) is 9.97 Å². The number of nitrogens with zero attached hydrogens (tertiary/aromatic N) is 1. The van der Waals surface area contributed by atoms with Crippen LogP contribution in [0.4, 0.5) is 0 Å². The summed E-state index contributed by atoms with van der Waals surface area (Å²) in [6, 6.07) is 10.2. The average molecular weight is 241 g/mol. The zero-order chi connectivity index (χ0) is 8.67. The lowest BCUT2D eigenvalue weighted by molar-refractivity contribution is 1.42. The van der Waals surface area contributed by atoms with Gasteiger partial charge in [0.1, 0.15) is 0 Å². The highest BCUT2D eigenvalue weighted by molar-refractivity contribution is 6.04. The molecule has 0 amide bonds. The highest BCUT2D eigenvalue weighted by Crippen LogP contribution is 2.22. The smallest absolute Gasteiger partial charge is 0.0709 e. The molecule has 15 heavy (non-hydrogen) atoms. The molecule has 0 aliphatic heterocycles. The summed E-state index contributed by atoms with van der Waals surface area (Å²) >= 11 is 0. The molecule has 2 heterocycles. The van der Waals surface area contributed by atoms with E-state index in [9.17, 15) is 0 Å². The van der Waals surface area contributed by atoms with E-state index in [4.69, 9.17) is 0 Å². The molecular weight excluding hydrogens is 231 g/mol. The predicted molar refractivity (Wildman–Crippen MR) is 68.1 cm³/mol. The number of pyridine rings is 1. The van der Waals surface area contributed by atoms with Crippen molar-refractivity contribution in [3.63, 3.8) is 0 Å². The molecule has 3 rings (SSSR count). The number of hydrogen-bond acceptors (Lipinski definition) is 1. The molecule has 2 nitrogen and oxygen atoms in total. The number of H-pyrrole nitrogens is 1. The maximum absolute atomic E-state index is 4.30. The average Bonchev–Trinajstić information content (AvgIpc) is 2.65. The van der Waals surface area contributed by atoms with E-state index in [1.54, 1.807) is 0 Å². The summed E-state index contributed by atoms with van der Waals surface area (Å²) in [7, 11) is 0. The molecule has 1 aromatic carbocycles. The monoisotopic (exact) mass is 240 g/mol. The minimum atomic E-state index is 0. The van der Waals surface area contributed by atoms with E-state index in [-0.39, 0.29) is 24.8 Å². The zero-order valence-corrected chi connectivity index (χ0v) is 9.44. The number of aromatic nitrogens is 2. The van der Waals surface area contributed by atoms with Gasteiger partial charge in [-0.1, -0.05) is 6.07 Å². The first-order chi connectivity index (χ1) is 6.45. The first kappa shape index (κ1) is 11.8. The van der Waals surface area contributed by atoms with Gasteiger partial charge in [0.05, 0.1) is 5.52 Å². The van der Waals surface area contributed by atoms with Crippen molar-refractivity contribution in [2.24, 2.45) is 0 Å². The van der Waals surface area contributed by atoms with Crippen molar-refractivity contribution in [3.05, 3.63) is 42.7 Å². The van der Waals surface area contributed by atoms with Crippen molar-refractivity contribution in [2.45, 2.75) is 0 Å². The summed E-state index contributed by atoms with van der Waals surface area (Å²) < 4.78 is 0. The van der Waals surface area contributed by atoms with Crippen LogP contribution in [0.1, 0.15) is 0 Å². The zero-order valence-electron chi connectivity index (χ0n) is 7.81. The second-order valence-corrected chi connectivity index (χ2v) is 3.07. The third-order valence-corrected chi connectivity index (χ3v) is 2.32. The Balaban J connectivity index is 0.000000562. The maximum atomic E-state index is 4.30. The van der Waals surface area contributed by atoms with Gasteiger partial charge in [-0.25, -0.2) is 0 Å². The highest BCUT2D eigenvalue weighted by Gasteiger charge is 1.99. The van der Waals surface area contributed by atoms with Crippen molar-refractivity contribution >= 4 is 46.6 Å². The lowest BCUT2D eigenvalue weighted by Gasteiger charge is -1.96. The van der Waals surface area contributed by atoms with Crippen LogP contribution in [0.25, 0.3) is 21.8 Å². The minimum Gasteiger partial charge on any atom is -0.361 e. The SMILES string of the molecule is Cl.Cl.c1cnc2ccc3[nH]ccc3c2c1. The minimum absolute atomic E-state index is 0. The fourth-order valence-electron chi connectivity index (χ4n) is 1.70. The van der Waals surface area contributed by atoms with Gasteiger partial charge in [-0.2, -0.15) is 0 Å². The maximum Gasteiger partial charge on any atom is 0.0709 e. The van der Waals surface area contributed by atoms with Gasteiger partial charge < -0.3 is 4.98 Å². The Morgan fingerprint density at radius 2 is 1.80 bits per heavy atom. The fourth-order valence-corrected chi connectivity index (χ4v) is 1.70. The Kier molecular flexibility index (Phi) is 3.56. The second-order valence-electron chi connectivity index (χ2n) is 3.07. The van der Waals surface area contributed by atoms with Gasteiger partial charge in [0.15, 0.2) is 0 Å². The topological polar surface area (TPSA) is 28.7 Å². The number of nitrogens with one attached hydrogen (secondary N) is 1. The van der Waals surface area contributed by atoms with Crippen LogP contribution < -0.4 is 0 Å². The molecule has 0 aliphatic carbocycles. The van der Waals surface area contributed by atoms with Crippen LogP contribution >= 0.6 is 24.8 Å². The van der Waals surface area contributed by atoms with Crippen molar-refractivity contribution in [3.8, 4) is 0 Å². The molecule has 2 aromatic heterocycles. The summed E-state index contributed by atoms with van der Waals surface area (Å²) in [5.41, 5.74) is 2.22. The number of fused-ring (bicyclic) bond motifs is 3. The highest BCUT2D eigenvalue weighted by atomic mass is 35.5. The summed E-state index contributed by atoms with van der Waals surface area (Å²) in [4.78, 5) is 7.48. The van der Waals surface area contributed by atoms with E-state index in [2.05, 4.69) is 28.2 Å². The van der Waals surface area contributed by atoms with Gasteiger partial charge in [-0.15, -0.1) is 24.8 Å². The van der Waals surface area contributed by atoms with Crippen LogP contribution in [0, 0.1) is 0 Å². The Hall–Kier alpha value is -1.25. The first-order valence-corrected chi connectivity index (χ1v) is 4.26. The van der Waals surface area contributed by atoms with Crippen LogP contribution in [0.5, 0.6) is 0 Å². The Bertz CT molecular complexity index is 575. The van der Waals surface area contributed by atoms with E-state index < -0.39 is 0 Å². The van der Waals surface area contributed by atoms with Gasteiger partial charge in [0.25, 0.3) is 0 Å². The van der Waals surface area contributed by atoms with Gasteiger partial charge in [-0.3, -0.25) is 4.98 Å². The number of rotatable bonds is 0. The van der Waals surface area contributed by atoms with E-state index >= 15 is 0 Å². The van der Waals surface area contributed by atoms with Crippen LogP contribution in [0.2, 0.25) is 0 Å². The Morgan fingerprint density at radius 1 is 0.933 bits per heavy atom. The molecule has 0 spiro atoms. The van der Waals surface area contributed by atoms with E-state index in [0.717, 1.165) is 5.52 Å². The summed E-state index contributed by atoms with van der Waals surface area (Å²) in [5.74, 6) is 0. The molecule has 4 heteroatoms. The van der Waals surface area contributed by atoms with Crippen LogP contribution in [-0.4, -0.2) is 9.97 Å². The number of aromatic amines is 1. The molecular formula is C11H10Cl2N2. The quantitative estimate of drug-likeness (QED) is 0.640. The molecule has 1 N–H and O–H groups in total. The lowest BCUT2D eigenvalue weighted by atomic mass is 10.1. The van der Waals surface area contributed by atoms with Gasteiger partial charge in [0, 0.05) is 28.7 Å². The molecule has 0 radical (unpaired) electrons. The second kappa shape index (κ2) is 4.51. The van der Waals surface area contributed by atoms with Crippen molar-refractivity contribution in [2.75, 3.05) is 0 Å². The predicted octanol–water partition coefficient (Wildman–Crippen LogP) is 3.56. The normalized spacial score (nSPS) is 9.60. The third kappa shape index (κ3) is 1.78. The fraction of sp³-hybridized carbons (Fsp3) is 0. The summed E-state index contributed by atoms with van der Waals surface area (Å²) in [5, 5.41) is 2.45. The lowest BCUT2D eigenvalue weighted by Crippen LogP contribution is -1.77. The Morgan fingerprint density at radius 3 is 2.67 bits per heavy atom. The standard InChI is InChI=1S/C11H8N2.2ClH/c1-2-8-9-5-7-13-11(9)4-3-10(8)12-6-1;;/h1-7,13H;2*1H. The summed E-state index contributed by atoms with van der Waals surface area (Å²) in [6.45, 7) is 0. The first-order valence-electron chi connectivity index (χ1n) is 4.26. The molecule has 0 fully saturated rings. The molecule has 0 atom stereocenters. The van der Waals surface area contributed by atoms with E-state index in [1.165, 1.54) is 16.3 Å². The van der Waals surface area contributed by atoms with E-state index in [1.807, 2.05) is 24.5 Å². The number of benzene rings is 1. The largest absolute Gasteiger partial charge is 0.361 e. The van der Waals surface area contributed by atoms with Gasteiger partial charge in [0.2, 0.25) is 0 Å². The van der Waals surface area contributed by atoms with E-state index in [0.29, 0.717) is 0 Å². The van der Waals surface area contributed by atoms with Crippen LogP contribution in [0.15, 0.2) is 42.7 Å². The molecule has 0 saturated heterocycles. The molecule has 0 saturated carbocycles. The number of hydrogen-bond donors (Lipinski definition) is 1. The third-order valence-electron chi connectivity index (χ3n) is 2.32. The van der Waals surface area contributed by atoms with Crippen molar-refractivity contribution < 1.29 is 0 Å². The molecule has 0 aliphatic rings. The number of halogens is 2. The van der Waals surface area contributed by atoms with Crippen molar-refractivity contribution in [1.29, 1.82) is 0 Å². The molecule has 0 bridgehead atoms. The van der Waals surface area contributed by atoms with Crippen LogP contribution in [0.3, 0.4) is 0 Å². The van der Waals surface area contributed by atoms with Crippen LogP contribution in [-0.2, 0) is 0 Å². The van der Waals surface area contributed by atoms with Gasteiger partial charge >= 0.3 is 0 Å². The summed E-state index contributed by atoms with van der Waals surface area (Å²) in [6.07, 6.45) is 3.78.